The molecule has 1 aromatic carbocycles. The van der Waals surface area contributed by atoms with Crippen molar-refractivity contribution in [2.45, 2.75) is 33.4 Å². The number of hydrogen-bond acceptors (Lipinski definition) is 4. The van der Waals surface area contributed by atoms with Gasteiger partial charge in [-0.2, -0.15) is 18.2 Å². The summed E-state index contributed by atoms with van der Waals surface area (Å²) in [5.41, 5.74) is -0.0872. The van der Waals surface area contributed by atoms with Crippen LogP contribution >= 0.6 is 0 Å². The summed E-state index contributed by atoms with van der Waals surface area (Å²) in [5.74, 6) is 1.27. The second-order valence-corrected chi connectivity index (χ2v) is 6.00. The van der Waals surface area contributed by atoms with Gasteiger partial charge < -0.3 is 10.6 Å². The van der Waals surface area contributed by atoms with Gasteiger partial charge in [-0.25, -0.2) is 4.98 Å². The maximum atomic E-state index is 13.1. The van der Waals surface area contributed by atoms with E-state index in [0.29, 0.717) is 29.9 Å². The van der Waals surface area contributed by atoms with Crippen molar-refractivity contribution >= 4 is 17.5 Å². The lowest BCUT2D eigenvalue weighted by Crippen LogP contribution is -2.11. The van der Waals surface area contributed by atoms with E-state index < -0.39 is 11.7 Å². The van der Waals surface area contributed by atoms with Crippen LogP contribution in [0.15, 0.2) is 30.3 Å². The van der Waals surface area contributed by atoms with E-state index in [1.807, 2.05) is 0 Å². The first-order valence-corrected chi connectivity index (χ1v) is 7.78. The highest BCUT2D eigenvalue weighted by atomic mass is 19.4. The predicted molar refractivity (Wildman–Crippen MR) is 89.4 cm³/mol. The average molecular weight is 338 g/mol. The molecule has 0 saturated heterocycles. The van der Waals surface area contributed by atoms with Crippen LogP contribution in [0, 0.1) is 12.8 Å². The molecule has 0 unspecified atom stereocenters. The van der Waals surface area contributed by atoms with Crippen molar-refractivity contribution in [1.82, 2.24) is 9.97 Å². The zero-order valence-electron chi connectivity index (χ0n) is 13.9. The number of halogens is 3. The number of hydrogen-bond donors (Lipinski definition) is 2. The number of benzene rings is 1. The molecule has 2 aromatic rings. The minimum absolute atomic E-state index is 0.0313. The number of para-hydroxylation sites is 1. The number of rotatable bonds is 6. The Morgan fingerprint density at radius 1 is 1.12 bits per heavy atom. The molecule has 2 N–H and O–H groups in total. The summed E-state index contributed by atoms with van der Waals surface area (Å²) in [6, 6.07) is 6.94. The van der Waals surface area contributed by atoms with Gasteiger partial charge in [0.25, 0.3) is 0 Å². The fourth-order valence-electron chi connectivity index (χ4n) is 2.16. The molecular weight excluding hydrogens is 317 g/mol. The van der Waals surface area contributed by atoms with Crippen LogP contribution in [0.1, 0.15) is 31.5 Å². The van der Waals surface area contributed by atoms with E-state index in [4.69, 9.17) is 0 Å². The zero-order chi connectivity index (χ0) is 17.7. The highest BCUT2D eigenvalue weighted by Gasteiger charge is 2.33. The van der Waals surface area contributed by atoms with Crippen molar-refractivity contribution < 1.29 is 13.2 Å². The monoisotopic (exact) mass is 338 g/mol. The summed E-state index contributed by atoms with van der Waals surface area (Å²) in [7, 11) is 0. The van der Waals surface area contributed by atoms with Crippen molar-refractivity contribution in [1.29, 1.82) is 0 Å². The van der Waals surface area contributed by atoms with E-state index in [1.54, 1.807) is 19.1 Å². The van der Waals surface area contributed by atoms with E-state index in [2.05, 4.69) is 34.4 Å². The van der Waals surface area contributed by atoms with Gasteiger partial charge in [0.15, 0.2) is 0 Å². The summed E-state index contributed by atoms with van der Waals surface area (Å²) in [4.78, 5) is 8.51. The zero-order valence-corrected chi connectivity index (χ0v) is 13.9. The quantitative estimate of drug-likeness (QED) is 0.778. The lowest BCUT2D eigenvalue weighted by Gasteiger charge is -2.15. The van der Waals surface area contributed by atoms with Crippen LogP contribution in [0.4, 0.5) is 30.6 Å². The lowest BCUT2D eigenvalue weighted by atomic mass is 10.1. The molecule has 0 aliphatic rings. The van der Waals surface area contributed by atoms with Gasteiger partial charge in [0, 0.05) is 18.3 Å². The maximum absolute atomic E-state index is 13.1. The van der Waals surface area contributed by atoms with Crippen LogP contribution in [0.5, 0.6) is 0 Å². The normalized spacial score (nSPS) is 11.6. The van der Waals surface area contributed by atoms with Crippen molar-refractivity contribution in [3.63, 3.8) is 0 Å². The molecule has 0 aliphatic heterocycles. The summed E-state index contributed by atoms with van der Waals surface area (Å²) in [5, 5.41) is 5.85. The van der Waals surface area contributed by atoms with Crippen molar-refractivity contribution in [3.8, 4) is 0 Å². The van der Waals surface area contributed by atoms with Gasteiger partial charge in [0.05, 0.1) is 11.3 Å². The third kappa shape index (κ3) is 5.11. The largest absolute Gasteiger partial charge is 0.418 e. The Labute approximate surface area is 139 Å². The Bertz CT molecular complexity index is 684. The van der Waals surface area contributed by atoms with Gasteiger partial charge >= 0.3 is 6.18 Å². The second-order valence-electron chi connectivity index (χ2n) is 6.00. The molecule has 1 aromatic heterocycles. The number of aryl methyl sites for hydroxylation is 1. The lowest BCUT2D eigenvalue weighted by molar-refractivity contribution is -0.136. The number of nitrogens with one attached hydrogen (secondary N) is 2. The van der Waals surface area contributed by atoms with E-state index in [1.165, 1.54) is 12.1 Å². The van der Waals surface area contributed by atoms with E-state index in [0.717, 1.165) is 12.5 Å². The van der Waals surface area contributed by atoms with Gasteiger partial charge in [0.2, 0.25) is 5.95 Å². The summed E-state index contributed by atoms with van der Waals surface area (Å²) in [6.45, 7) is 6.70. The first-order chi connectivity index (χ1) is 11.3. The average Bonchev–Trinajstić information content (AvgIpc) is 2.45. The number of aromatic nitrogens is 2. The molecular formula is C17H21F3N4. The van der Waals surface area contributed by atoms with E-state index in [-0.39, 0.29) is 5.69 Å². The highest BCUT2D eigenvalue weighted by molar-refractivity contribution is 5.62. The van der Waals surface area contributed by atoms with E-state index in [9.17, 15) is 13.2 Å². The van der Waals surface area contributed by atoms with E-state index >= 15 is 0 Å². The third-order valence-electron chi connectivity index (χ3n) is 3.35. The Hall–Kier alpha value is -2.31. The van der Waals surface area contributed by atoms with Gasteiger partial charge in [-0.15, -0.1) is 0 Å². The van der Waals surface area contributed by atoms with Crippen LogP contribution in [0.2, 0.25) is 0 Å². The van der Waals surface area contributed by atoms with Crippen LogP contribution in [-0.4, -0.2) is 16.5 Å². The maximum Gasteiger partial charge on any atom is 0.418 e. The van der Waals surface area contributed by atoms with Crippen LogP contribution in [0.3, 0.4) is 0 Å². The van der Waals surface area contributed by atoms with Crippen LogP contribution in [-0.2, 0) is 6.18 Å². The fourth-order valence-corrected chi connectivity index (χ4v) is 2.16. The molecule has 0 bridgehead atoms. The number of alkyl halides is 3. The fraction of sp³-hybridized carbons (Fsp3) is 0.412. The molecule has 0 aliphatic carbocycles. The number of anilines is 3. The minimum atomic E-state index is -4.43. The van der Waals surface area contributed by atoms with Crippen LogP contribution < -0.4 is 10.6 Å². The van der Waals surface area contributed by atoms with Gasteiger partial charge in [0.1, 0.15) is 5.82 Å². The highest BCUT2D eigenvalue weighted by Crippen LogP contribution is 2.35. The Kier molecular flexibility index (Phi) is 5.64. The SMILES string of the molecule is Cc1cc(Nc2ccccc2C(F)(F)F)nc(NCCC(C)C)n1. The van der Waals surface area contributed by atoms with Crippen molar-refractivity contribution in [3.05, 3.63) is 41.6 Å². The summed E-state index contributed by atoms with van der Waals surface area (Å²) in [6.07, 6.45) is -3.47. The summed E-state index contributed by atoms with van der Waals surface area (Å²) < 4.78 is 39.2. The molecule has 24 heavy (non-hydrogen) atoms. The molecule has 7 heteroatoms. The smallest absolute Gasteiger partial charge is 0.354 e. The second kappa shape index (κ2) is 7.51. The summed E-state index contributed by atoms with van der Waals surface area (Å²) >= 11 is 0. The number of nitrogens with zero attached hydrogens (tertiary/aromatic N) is 2. The standard InChI is InChI=1S/C17H21F3N4/c1-11(2)8-9-21-16-22-12(3)10-15(24-16)23-14-7-5-4-6-13(14)17(18,19)20/h4-7,10-11H,8-9H2,1-3H3,(H2,21,22,23,24). The molecule has 4 nitrogen and oxygen atoms in total. The molecule has 2 rings (SSSR count). The molecule has 0 saturated carbocycles. The molecule has 0 spiro atoms. The molecule has 130 valence electrons. The van der Waals surface area contributed by atoms with Gasteiger partial charge in [-0.3, -0.25) is 0 Å². The topological polar surface area (TPSA) is 49.8 Å². The Morgan fingerprint density at radius 3 is 2.50 bits per heavy atom. The Balaban J connectivity index is 2.20. The molecule has 0 fully saturated rings. The van der Waals surface area contributed by atoms with Crippen molar-refractivity contribution in [2.75, 3.05) is 17.2 Å². The molecule has 1 heterocycles. The third-order valence-corrected chi connectivity index (χ3v) is 3.35. The molecule has 0 radical (unpaired) electrons. The van der Waals surface area contributed by atoms with Crippen LogP contribution in [0.25, 0.3) is 0 Å². The molecule has 0 atom stereocenters. The predicted octanol–water partition coefficient (Wildman–Crippen LogP) is 5.01. The van der Waals surface area contributed by atoms with Gasteiger partial charge in [-0.05, 0) is 31.4 Å². The van der Waals surface area contributed by atoms with Crippen molar-refractivity contribution in [2.24, 2.45) is 5.92 Å². The molecule has 0 amide bonds. The van der Waals surface area contributed by atoms with Gasteiger partial charge in [-0.1, -0.05) is 26.0 Å². The minimum Gasteiger partial charge on any atom is -0.354 e. The first-order valence-electron chi connectivity index (χ1n) is 7.78. The Morgan fingerprint density at radius 2 is 1.83 bits per heavy atom. The first kappa shape index (κ1) is 18.0.